The number of hydrogen-bond donors (Lipinski definition) is 1. The maximum Gasteiger partial charge on any atom is 0.254 e. The molecule has 0 bridgehead atoms. The van der Waals surface area contributed by atoms with E-state index in [1.165, 1.54) is 0 Å². The number of benzene rings is 2. The lowest BCUT2D eigenvalue weighted by molar-refractivity contribution is 0.267. The fourth-order valence-electron chi connectivity index (χ4n) is 3.00. The first-order valence-corrected chi connectivity index (χ1v) is 8.24. The first-order valence-electron chi connectivity index (χ1n) is 8.24. The predicted molar refractivity (Wildman–Crippen MR) is 97.7 cm³/mol. The summed E-state index contributed by atoms with van der Waals surface area (Å²) >= 11 is 0. The van der Waals surface area contributed by atoms with Crippen LogP contribution in [-0.4, -0.2) is 20.2 Å². The summed E-state index contributed by atoms with van der Waals surface area (Å²) in [5.41, 5.74) is 2.72. The summed E-state index contributed by atoms with van der Waals surface area (Å²) in [4.78, 5) is 7.58. The van der Waals surface area contributed by atoms with Crippen molar-refractivity contribution in [1.29, 1.82) is 0 Å². The van der Waals surface area contributed by atoms with Crippen LogP contribution in [0.2, 0.25) is 0 Å². The number of rotatable bonds is 4. The highest BCUT2D eigenvalue weighted by Gasteiger charge is 2.14. The Balaban J connectivity index is 1.41. The Morgan fingerprint density at radius 1 is 0.962 bits per heavy atom. The van der Waals surface area contributed by atoms with Gasteiger partial charge in [-0.3, -0.25) is 4.98 Å². The summed E-state index contributed by atoms with van der Waals surface area (Å²) in [7, 11) is 0. The molecule has 2 aromatic carbocycles. The molecule has 0 amide bonds. The Morgan fingerprint density at radius 3 is 2.88 bits per heavy atom. The van der Waals surface area contributed by atoms with Crippen LogP contribution in [0, 0.1) is 0 Å². The van der Waals surface area contributed by atoms with E-state index in [1.54, 1.807) is 6.20 Å². The van der Waals surface area contributed by atoms with Crippen LogP contribution in [0.5, 0.6) is 5.75 Å². The van der Waals surface area contributed by atoms with Crippen molar-refractivity contribution in [2.24, 2.45) is 0 Å². The zero-order valence-corrected chi connectivity index (χ0v) is 13.7. The zero-order chi connectivity index (χ0) is 17.3. The van der Waals surface area contributed by atoms with Gasteiger partial charge >= 0.3 is 0 Å². The van der Waals surface area contributed by atoms with Crippen molar-refractivity contribution in [3.8, 4) is 17.2 Å². The minimum Gasteiger partial charge on any atom is -0.482 e. The van der Waals surface area contributed by atoms with Gasteiger partial charge in [0.2, 0.25) is 5.89 Å². The highest BCUT2D eigenvalue weighted by atomic mass is 16.5. The van der Waals surface area contributed by atoms with Gasteiger partial charge in [-0.15, -0.1) is 10.2 Å². The SMILES string of the molecule is c1cnc2c(OCc3nnc(-c4c[nH]c5ccccc45)o3)cccc2c1. The second-order valence-electron chi connectivity index (χ2n) is 5.87. The lowest BCUT2D eigenvalue weighted by Gasteiger charge is -2.06. The normalized spacial score (nSPS) is 11.2. The first kappa shape index (κ1) is 14.7. The fraction of sp³-hybridized carbons (Fsp3) is 0.0500. The van der Waals surface area contributed by atoms with E-state index in [0.717, 1.165) is 27.4 Å². The Morgan fingerprint density at radius 2 is 1.88 bits per heavy atom. The Hall–Kier alpha value is -3.67. The van der Waals surface area contributed by atoms with Crippen molar-refractivity contribution < 1.29 is 9.15 Å². The third kappa shape index (κ3) is 2.48. The molecule has 0 saturated heterocycles. The van der Waals surface area contributed by atoms with Crippen molar-refractivity contribution in [3.63, 3.8) is 0 Å². The molecule has 0 atom stereocenters. The summed E-state index contributed by atoms with van der Waals surface area (Å²) in [6, 6.07) is 17.7. The van der Waals surface area contributed by atoms with Gasteiger partial charge in [0.25, 0.3) is 5.89 Å². The molecule has 6 heteroatoms. The minimum absolute atomic E-state index is 0.186. The summed E-state index contributed by atoms with van der Waals surface area (Å²) in [6.45, 7) is 0.186. The maximum absolute atomic E-state index is 5.86. The molecule has 5 aromatic rings. The van der Waals surface area contributed by atoms with Crippen LogP contribution < -0.4 is 4.74 Å². The van der Waals surface area contributed by atoms with Crippen LogP contribution in [0.3, 0.4) is 0 Å². The molecule has 1 N–H and O–H groups in total. The van der Waals surface area contributed by atoms with Crippen LogP contribution in [0.15, 0.2) is 71.4 Å². The second-order valence-corrected chi connectivity index (χ2v) is 5.87. The molecule has 126 valence electrons. The highest BCUT2D eigenvalue weighted by molar-refractivity contribution is 5.93. The second kappa shape index (κ2) is 6.00. The molecule has 0 unspecified atom stereocenters. The minimum atomic E-state index is 0.186. The van der Waals surface area contributed by atoms with Crippen LogP contribution in [0.25, 0.3) is 33.3 Å². The van der Waals surface area contributed by atoms with Gasteiger partial charge in [-0.1, -0.05) is 36.4 Å². The van der Waals surface area contributed by atoms with Crippen molar-refractivity contribution in [3.05, 3.63) is 72.9 Å². The summed E-state index contributed by atoms with van der Waals surface area (Å²) in [5, 5.41) is 10.3. The van der Waals surface area contributed by atoms with Crippen molar-refractivity contribution >= 4 is 21.8 Å². The standard InChI is InChI=1S/C20H14N4O2/c1-2-8-16-14(7-1)15(11-22-16)20-24-23-18(26-20)12-25-17-9-3-5-13-6-4-10-21-19(13)17/h1-11,22H,12H2. The topological polar surface area (TPSA) is 76.8 Å². The van der Waals surface area contributed by atoms with E-state index in [0.29, 0.717) is 17.5 Å². The number of fused-ring (bicyclic) bond motifs is 2. The van der Waals surface area contributed by atoms with E-state index in [4.69, 9.17) is 9.15 Å². The molecule has 26 heavy (non-hydrogen) atoms. The number of nitrogens with zero attached hydrogens (tertiary/aromatic N) is 3. The molecular formula is C20H14N4O2. The molecule has 0 spiro atoms. The third-order valence-electron chi connectivity index (χ3n) is 4.23. The van der Waals surface area contributed by atoms with Crippen LogP contribution >= 0.6 is 0 Å². The van der Waals surface area contributed by atoms with Gasteiger partial charge in [0.1, 0.15) is 11.3 Å². The molecule has 5 rings (SSSR count). The molecule has 3 aromatic heterocycles. The lowest BCUT2D eigenvalue weighted by Crippen LogP contribution is -1.97. The molecule has 0 saturated carbocycles. The molecule has 0 aliphatic carbocycles. The number of para-hydroxylation sites is 2. The van der Waals surface area contributed by atoms with E-state index in [2.05, 4.69) is 20.2 Å². The zero-order valence-electron chi connectivity index (χ0n) is 13.7. The van der Waals surface area contributed by atoms with Gasteiger partial charge in [-0.2, -0.15) is 0 Å². The summed E-state index contributed by atoms with van der Waals surface area (Å²) < 4.78 is 11.6. The fourth-order valence-corrected chi connectivity index (χ4v) is 3.00. The van der Waals surface area contributed by atoms with E-state index in [-0.39, 0.29) is 6.61 Å². The van der Waals surface area contributed by atoms with Gasteiger partial charge in [0, 0.05) is 28.7 Å². The smallest absolute Gasteiger partial charge is 0.254 e. The van der Waals surface area contributed by atoms with Gasteiger partial charge in [0.05, 0.1) is 5.56 Å². The number of aromatic nitrogens is 4. The molecule has 0 fully saturated rings. The van der Waals surface area contributed by atoms with Crippen molar-refractivity contribution in [2.45, 2.75) is 6.61 Å². The van der Waals surface area contributed by atoms with Gasteiger partial charge in [-0.25, -0.2) is 0 Å². The maximum atomic E-state index is 5.86. The van der Waals surface area contributed by atoms with Gasteiger partial charge < -0.3 is 14.1 Å². The number of hydrogen-bond acceptors (Lipinski definition) is 5. The van der Waals surface area contributed by atoms with Crippen LogP contribution in [0.1, 0.15) is 5.89 Å². The average molecular weight is 342 g/mol. The molecule has 6 nitrogen and oxygen atoms in total. The molecule has 0 aliphatic heterocycles. The highest BCUT2D eigenvalue weighted by Crippen LogP contribution is 2.28. The van der Waals surface area contributed by atoms with E-state index < -0.39 is 0 Å². The van der Waals surface area contributed by atoms with Crippen LogP contribution in [-0.2, 0) is 6.61 Å². The van der Waals surface area contributed by atoms with Crippen LogP contribution in [0.4, 0.5) is 0 Å². The summed E-state index contributed by atoms with van der Waals surface area (Å²) in [6.07, 6.45) is 3.62. The van der Waals surface area contributed by atoms with E-state index in [1.807, 2.05) is 60.8 Å². The number of ether oxygens (including phenoxy) is 1. The largest absolute Gasteiger partial charge is 0.482 e. The van der Waals surface area contributed by atoms with E-state index >= 15 is 0 Å². The van der Waals surface area contributed by atoms with Crippen molar-refractivity contribution in [1.82, 2.24) is 20.2 Å². The average Bonchev–Trinajstić information content (AvgIpc) is 3.33. The number of H-pyrrole nitrogens is 1. The van der Waals surface area contributed by atoms with Gasteiger partial charge in [0.15, 0.2) is 6.61 Å². The number of aromatic amines is 1. The van der Waals surface area contributed by atoms with Gasteiger partial charge in [-0.05, 0) is 18.2 Å². The molecular weight excluding hydrogens is 328 g/mol. The number of pyridine rings is 1. The Kier molecular flexibility index (Phi) is 3.38. The Labute approximate surface area is 148 Å². The molecule has 3 heterocycles. The Bertz CT molecular complexity index is 1200. The van der Waals surface area contributed by atoms with E-state index in [9.17, 15) is 0 Å². The van der Waals surface area contributed by atoms with Crippen molar-refractivity contribution in [2.75, 3.05) is 0 Å². The molecule has 0 aliphatic rings. The monoisotopic (exact) mass is 342 g/mol. The third-order valence-corrected chi connectivity index (χ3v) is 4.23. The number of nitrogens with one attached hydrogen (secondary N) is 1. The quantitative estimate of drug-likeness (QED) is 0.525. The summed E-state index contributed by atoms with van der Waals surface area (Å²) in [5.74, 6) is 1.57. The predicted octanol–water partition coefficient (Wildman–Crippen LogP) is 4.35. The molecule has 0 radical (unpaired) electrons. The lowest BCUT2D eigenvalue weighted by atomic mass is 10.2. The first-order chi connectivity index (χ1) is 12.9.